The number of rotatable bonds is 4. The summed E-state index contributed by atoms with van der Waals surface area (Å²) in [5, 5.41) is 0.954. The topological polar surface area (TPSA) is 50.5 Å². The highest BCUT2D eigenvalue weighted by Crippen LogP contribution is 2.32. The Bertz CT molecular complexity index is 1230. The summed E-state index contributed by atoms with van der Waals surface area (Å²) < 4.78 is 3.60. The first-order valence-electron chi connectivity index (χ1n) is 10.1. The highest BCUT2D eigenvalue weighted by molar-refractivity contribution is 6.14. The monoisotopic (exact) mass is 402 g/mol. The van der Waals surface area contributed by atoms with Crippen LogP contribution < -0.4 is 0 Å². The van der Waals surface area contributed by atoms with E-state index in [1.54, 1.807) is 23.6 Å². The smallest absolute Gasteiger partial charge is 0.328 e. The number of para-hydroxylation sites is 1. The van der Waals surface area contributed by atoms with Crippen LogP contribution >= 0.6 is 0 Å². The molecule has 0 aliphatic heterocycles. The summed E-state index contributed by atoms with van der Waals surface area (Å²) in [6, 6.07) is 19.4. The molecule has 6 nitrogen and oxygen atoms in total. The molecule has 0 bridgehead atoms. The molecule has 0 saturated carbocycles. The molecule has 0 spiro atoms. The normalized spacial score (nSPS) is 11.2. The van der Waals surface area contributed by atoms with E-state index < -0.39 is 0 Å². The van der Waals surface area contributed by atoms with E-state index in [1.165, 1.54) is 4.90 Å². The SMILES string of the molecule is CCN(Cc1ccccc1)C(=O)c1cc2c(c3ccccc3n2C)n1C(=O)N(C)C. The van der Waals surface area contributed by atoms with Crippen LogP contribution in [0.3, 0.4) is 0 Å². The van der Waals surface area contributed by atoms with E-state index in [0.717, 1.165) is 27.5 Å². The van der Waals surface area contributed by atoms with Crippen LogP contribution in [0.4, 0.5) is 4.79 Å². The summed E-state index contributed by atoms with van der Waals surface area (Å²) >= 11 is 0. The number of carbonyl (C=O) groups is 2. The lowest BCUT2D eigenvalue weighted by Crippen LogP contribution is -2.35. The lowest BCUT2D eigenvalue weighted by Gasteiger charge is -2.22. The summed E-state index contributed by atoms with van der Waals surface area (Å²) in [6.45, 7) is 3.00. The van der Waals surface area contributed by atoms with Crippen LogP contribution in [-0.4, -0.2) is 51.5 Å². The Morgan fingerprint density at radius 3 is 2.27 bits per heavy atom. The maximum absolute atomic E-state index is 13.6. The molecule has 2 aromatic carbocycles. The number of nitrogens with zero attached hydrogens (tertiary/aromatic N) is 4. The van der Waals surface area contributed by atoms with Gasteiger partial charge in [-0.3, -0.25) is 9.36 Å². The fraction of sp³-hybridized carbons (Fsp3) is 0.250. The molecule has 0 unspecified atom stereocenters. The van der Waals surface area contributed by atoms with Crippen molar-refractivity contribution < 1.29 is 9.59 Å². The minimum Gasteiger partial charge on any atom is -0.342 e. The average molecular weight is 402 g/mol. The molecule has 154 valence electrons. The molecule has 0 saturated heterocycles. The quantitative estimate of drug-likeness (QED) is 0.510. The Morgan fingerprint density at radius 2 is 1.60 bits per heavy atom. The van der Waals surface area contributed by atoms with E-state index in [0.29, 0.717) is 18.8 Å². The highest BCUT2D eigenvalue weighted by atomic mass is 16.2. The molecule has 0 N–H and O–H groups in total. The number of aromatic nitrogens is 2. The van der Waals surface area contributed by atoms with Gasteiger partial charge in [-0.05, 0) is 24.6 Å². The van der Waals surface area contributed by atoms with E-state index >= 15 is 0 Å². The lowest BCUT2D eigenvalue weighted by atomic mass is 10.2. The summed E-state index contributed by atoms with van der Waals surface area (Å²) in [4.78, 5) is 30.0. The van der Waals surface area contributed by atoms with Gasteiger partial charge in [0.05, 0.1) is 16.6 Å². The second kappa shape index (κ2) is 7.71. The molecule has 4 aromatic rings. The van der Waals surface area contributed by atoms with Crippen LogP contribution in [0.2, 0.25) is 0 Å². The van der Waals surface area contributed by atoms with Gasteiger partial charge in [0.1, 0.15) is 5.69 Å². The van der Waals surface area contributed by atoms with E-state index in [1.807, 2.05) is 79.2 Å². The number of fused-ring (bicyclic) bond motifs is 3. The van der Waals surface area contributed by atoms with Gasteiger partial charge in [0.2, 0.25) is 0 Å². The number of hydrogen-bond acceptors (Lipinski definition) is 2. The predicted octanol–water partition coefficient (Wildman–Crippen LogP) is 4.33. The molecular formula is C24H26N4O2. The van der Waals surface area contributed by atoms with Crippen molar-refractivity contribution in [3.63, 3.8) is 0 Å². The average Bonchev–Trinajstić information content (AvgIpc) is 3.28. The van der Waals surface area contributed by atoms with E-state index in [-0.39, 0.29) is 11.9 Å². The summed E-state index contributed by atoms with van der Waals surface area (Å²) in [5.74, 6) is -0.156. The molecule has 2 amide bonds. The molecule has 30 heavy (non-hydrogen) atoms. The van der Waals surface area contributed by atoms with Crippen molar-refractivity contribution in [2.45, 2.75) is 13.5 Å². The number of amides is 2. The fourth-order valence-electron chi connectivity index (χ4n) is 3.96. The molecular weight excluding hydrogens is 376 g/mol. The maximum Gasteiger partial charge on any atom is 0.328 e. The third-order valence-electron chi connectivity index (χ3n) is 5.54. The first-order chi connectivity index (χ1) is 14.4. The van der Waals surface area contributed by atoms with Crippen molar-refractivity contribution in [1.82, 2.24) is 18.9 Å². The zero-order valence-corrected chi connectivity index (χ0v) is 17.8. The first kappa shape index (κ1) is 19.8. The van der Waals surface area contributed by atoms with Gasteiger partial charge in [0.15, 0.2) is 0 Å². The van der Waals surface area contributed by atoms with Gasteiger partial charge in [-0.1, -0.05) is 48.5 Å². The number of carbonyl (C=O) groups excluding carboxylic acids is 2. The van der Waals surface area contributed by atoms with Crippen molar-refractivity contribution >= 4 is 33.9 Å². The van der Waals surface area contributed by atoms with Crippen LogP contribution in [0.15, 0.2) is 60.7 Å². The first-order valence-corrected chi connectivity index (χ1v) is 10.1. The van der Waals surface area contributed by atoms with Crippen molar-refractivity contribution in [2.24, 2.45) is 7.05 Å². The summed E-state index contributed by atoms with van der Waals surface area (Å²) in [6.07, 6.45) is 0. The number of aryl methyl sites for hydroxylation is 1. The van der Waals surface area contributed by atoms with Gasteiger partial charge in [-0.2, -0.15) is 0 Å². The van der Waals surface area contributed by atoms with Crippen LogP contribution in [0.5, 0.6) is 0 Å². The van der Waals surface area contributed by atoms with Crippen LogP contribution in [-0.2, 0) is 13.6 Å². The van der Waals surface area contributed by atoms with E-state index in [4.69, 9.17) is 0 Å². The van der Waals surface area contributed by atoms with Crippen molar-refractivity contribution in [1.29, 1.82) is 0 Å². The van der Waals surface area contributed by atoms with Gasteiger partial charge in [-0.25, -0.2) is 4.79 Å². The largest absolute Gasteiger partial charge is 0.342 e. The molecule has 0 aliphatic carbocycles. The van der Waals surface area contributed by atoms with Gasteiger partial charge in [-0.15, -0.1) is 0 Å². The molecule has 2 heterocycles. The van der Waals surface area contributed by atoms with Gasteiger partial charge in [0, 0.05) is 39.6 Å². The summed E-state index contributed by atoms with van der Waals surface area (Å²) in [7, 11) is 5.37. The third-order valence-corrected chi connectivity index (χ3v) is 5.54. The second-order valence-corrected chi connectivity index (χ2v) is 7.66. The fourth-order valence-corrected chi connectivity index (χ4v) is 3.96. The molecule has 0 aliphatic rings. The Morgan fingerprint density at radius 1 is 0.933 bits per heavy atom. The highest BCUT2D eigenvalue weighted by Gasteiger charge is 2.27. The number of benzene rings is 2. The zero-order chi connectivity index (χ0) is 21.4. The second-order valence-electron chi connectivity index (χ2n) is 7.66. The van der Waals surface area contributed by atoms with Crippen molar-refractivity contribution in [3.05, 3.63) is 71.9 Å². The minimum absolute atomic E-state index is 0.156. The lowest BCUT2D eigenvalue weighted by molar-refractivity contribution is 0.0743. The van der Waals surface area contributed by atoms with Crippen molar-refractivity contribution in [3.8, 4) is 0 Å². The molecule has 4 rings (SSSR count). The standard InChI is InChI=1S/C24H26N4O2/c1-5-27(16-17-11-7-6-8-12-17)23(29)21-15-20-22(28(21)24(30)25(2)3)18-13-9-10-14-19(18)26(20)4/h6-15H,5,16H2,1-4H3. The van der Waals surface area contributed by atoms with E-state index in [9.17, 15) is 9.59 Å². The Hall–Kier alpha value is -3.54. The van der Waals surface area contributed by atoms with Crippen molar-refractivity contribution in [2.75, 3.05) is 20.6 Å². The minimum atomic E-state index is -0.236. The van der Waals surface area contributed by atoms with Crippen LogP contribution in [0.25, 0.3) is 21.9 Å². The van der Waals surface area contributed by atoms with Crippen LogP contribution in [0, 0.1) is 0 Å². The third kappa shape index (κ3) is 3.14. The van der Waals surface area contributed by atoms with Gasteiger partial charge >= 0.3 is 6.03 Å². The molecule has 0 atom stereocenters. The maximum atomic E-state index is 13.6. The molecule has 0 radical (unpaired) electrons. The molecule has 6 heteroatoms. The molecule has 2 aromatic heterocycles. The van der Waals surface area contributed by atoms with E-state index in [2.05, 4.69) is 0 Å². The zero-order valence-electron chi connectivity index (χ0n) is 17.8. The summed E-state index contributed by atoms with van der Waals surface area (Å²) in [5.41, 5.74) is 4.10. The predicted molar refractivity (Wildman–Crippen MR) is 120 cm³/mol. The Balaban J connectivity index is 1.89. The Labute approximate surface area is 175 Å². The number of hydrogen-bond donors (Lipinski definition) is 0. The van der Waals surface area contributed by atoms with Crippen LogP contribution in [0.1, 0.15) is 23.0 Å². The Kier molecular flexibility index (Phi) is 5.08. The van der Waals surface area contributed by atoms with Gasteiger partial charge < -0.3 is 14.4 Å². The van der Waals surface area contributed by atoms with Gasteiger partial charge in [0.25, 0.3) is 5.91 Å². The molecule has 0 fully saturated rings.